The largest absolute Gasteiger partial charge is 0.299 e. The summed E-state index contributed by atoms with van der Waals surface area (Å²) in [5.41, 5.74) is 1.45. The molecule has 0 saturated carbocycles. The van der Waals surface area contributed by atoms with E-state index in [1.54, 1.807) is 0 Å². The molecule has 0 spiro atoms. The summed E-state index contributed by atoms with van der Waals surface area (Å²) < 4.78 is 0. The fourth-order valence-corrected chi connectivity index (χ4v) is 2.06. The van der Waals surface area contributed by atoms with Gasteiger partial charge in [-0.3, -0.25) is 4.90 Å². The Balaban J connectivity index is 0.00000112. The standard InChI is InChI=1S/C13H19N.ClH/c1-12-7-9-14(10-8-12)11-13-5-3-2-4-6-13;/h2-6,12H,7-11H2,1H3;1H. The van der Waals surface area contributed by atoms with Crippen LogP contribution in [0.2, 0.25) is 0 Å². The quantitative estimate of drug-likeness (QED) is 0.746. The molecular formula is C13H20ClN. The first-order chi connectivity index (χ1) is 6.84. The van der Waals surface area contributed by atoms with E-state index >= 15 is 0 Å². The third kappa shape index (κ3) is 3.84. The molecule has 0 atom stereocenters. The van der Waals surface area contributed by atoms with Gasteiger partial charge >= 0.3 is 0 Å². The van der Waals surface area contributed by atoms with Crippen LogP contribution in [0.5, 0.6) is 0 Å². The minimum atomic E-state index is 0. The van der Waals surface area contributed by atoms with Gasteiger partial charge in [0.25, 0.3) is 0 Å². The molecule has 0 radical (unpaired) electrons. The first-order valence-electron chi connectivity index (χ1n) is 5.61. The van der Waals surface area contributed by atoms with Crippen LogP contribution in [0.4, 0.5) is 0 Å². The molecule has 0 unspecified atom stereocenters. The SMILES string of the molecule is CC1CCN(Cc2ccccc2)CC1.Cl. The van der Waals surface area contributed by atoms with Crippen LogP contribution >= 0.6 is 12.4 Å². The molecule has 0 aromatic heterocycles. The second-order valence-corrected chi connectivity index (χ2v) is 4.44. The Bertz CT molecular complexity index is 265. The highest BCUT2D eigenvalue weighted by Crippen LogP contribution is 2.17. The predicted molar refractivity (Wildman–Crippen MR) is 67.4 cm³/mol. The summed E-state index contributed by atoms with van der Waals surface area (Å²) in [5.74, 6) is 0.932. The maximum absolute atomic E-state index is 2.56. The maximum Gasteiger partial charge on any atom is 0.0233 e. The minimum Gasteiger partial charge on any atom is -0.299 e. The summed E-state index contributed by atoms with van der Waals surface area (Å²) in [6.45, 7) is 6.04. The summed E-state index contributed by atoms with van der Waals surface area (Å²) in [7, 11) is 0. The second-order valence-electron chi connectivity index (χ2n) is 4.44. The third-order valence-electron chi connectivity index (χ3n) is 3.13. The van der Waals surface area contributed by atoms with Gasteiger partial charge in [0, 0.05) is 6.54 Å². The van der Waals surface area contributed by atoms with Crippen LogP contribution in [-0.2, 0) is 6.54 Å². The monoisotopic (exact) mass is 225 g/mol. The number of likely N-dealkylation sites (tertiary alicyclic amines) is 1. The Kier molecular flexibility index (Phi) is 5.13. The summed E-state index contributed by atoms with van der Waals surface area (Å²) >= 11 is 0. The fourth-order valence-electron chi connectivity index (χ4n) is 2.06. The molecule has 0 bridgehead atoms. The van der Waals surface area contributed by atoms with E-state index in [2.05, 4.69) is 42.2 Å². The van der Waals surface area contributed by atoms with E-state index in [1.165, 1.54) is 31.5 Å². The van der Waals surface area contributed by atoms with Gasteiger partial charge in [-0.1, -0.05) is 37.3 Å². The molecule has 15 heavy (non-hydrogen) atoms. The van der Waals surface area contributed by atoms with Gasteiger partial charge in [0.1, 0.15) is 0 Å². The molecule has 0 amide bonds. The van der Waals surface area contributed by atoms with Crippen molar-refractivity contribution in [3.8, 4) is 0 Å². The van der Waals surface area contributed by atoms with Crippen molar-refractivity contribution in [2.75, 3.05) is 13.1 Å². The highest BCUT2D eigenvalue weighted by molar-refractivity contribution is 5.85. The smallest absolute Gasteiger partial charge is 0.0233 e. The van der Waals surface area contributed by atoms with Gasteiger partial charge in [0.15, 0.2) is 0 Å². The third-order valence-corrected chi connectivity index (χ3v) is 3.13. The molecule has 1 fully saturated rings. The normalized spacial score (nSPS) is 18.5. The van der Waals surface area contributed by atoms with E-state index in [4.69, 9.17) is 0 Å². The van der Waals surface area contributed by atoms with E-state index in [-0.39, 0.29) is 12.4 Å². The fraction of sp³-hybridized carbons (Fsp3) is 0.538. The molecule has 2 rings (SSSR count). The van der Waals surface area contributed by atoms with Crippen molar-refractivity contribution in [3.05, 3.63) is 35.9 Å². The number of hydrogen-bond acceptors (Lipinski definition) is 1. The van der Waals surface area contributed by atoms with Gasteiger partial charge < -0.3 is 0 Å². The van der Waals surface area contributed by atoms with E-state index in [9.17, 15) is 0 Å². The molecule has 1 aromatic carbocycles. The lowest BCUT2D eigenvalue weighted by molar-refractivity contribution is 0.185. The molecule has 1 aliphatic heterocycles. The topological polar surface area (TPSA) is 3.24 Å². The van der Waals surface area contributed by atoms with E-state index in [1.807, 2.05) is 0 Å². The van der Waals surface area contributed by atoms with Gasteiger partial charge in [0.05, 0.1) is 0 Å². The van der Waals surface area contributed by atoms with Crippen molar-refractivity contribution < 1.29 is 0 Å². The van der Waals surface area contributed by atoms with Gasteiger partial charge in [-0.25, -0.2) is 0 Å². The molecule has 84 valence electrons. The number of nitrogens with zero attached hydrogens (tertiary/aromatic N) is 1. The number of benzene rings is 1. The summed E-state index contributed by atoms with van der Waals surface area (Å²) in [6, 6.07) is 10.8. The number of rotatable bonds is 2. The zero-order valence-corrected chi connectivity index (χ0v) is 10.2. The predicted octanol–water partition coefficient (Wildman–Crippen LogP) is 3.34. The molecule has 1 nitrogen and oxygen atoms in total. The van der Waals surface area contributed by atoms with Gasteiger partial charge in [-0.05, 0) is 37.4 Å². The molecule has 0 aliphatic carbocycles. The zero-order chi connectivity index (χ0) is 9.80. The lowest BCUT2D eigenvalue weighted by atomic mass is 9.99. The molecule has 2 heteroatoms. The lowest BCUT2D eigenvalue weighted by Gasteiger charge is -2.30. The van der Waals surface area contributed by atoms with Crippen LogP contribution in [0, 0.1) is 5.92 Å². The van der Waals surface area contributed by atoms with Crippen LogP contribution in [0.25, 0.3) is 0 Å². The minimum absolute atomic E-state index is 0. The second kappa shape index (κ2) is 6.14. The molecule has 1 heterocycles. The Hall–Kier alpha value is -0.530. The highest BCUT2D eigenvalue weighted by Gasteiger charge is 2.15. The van der Waals surface area contributed by atoms with Crippen molar-refractivity contribution in [1.29, 1.82) is 0 Å². The molecule has 1 aromatic rings. The van der Waals surface area contributed by atoms with E-state index in [0.717, 1.165) is 12.5 Å². The van der Waals surface area contributed by atoms with Crippen LogP contribution in [0.15, 0.2) is 30.3 Å². The van der Waals surface area contributed by atoms with Crippen LogP contribution in [0.1, 0.15) is 25.3 Å². The Labute approximate surface area is 98.9 Å². The van der Waals surface area contributed by atoms with Crippen molar-refractivity contribution in [2.24, 2.45) is 5.92 Å². The Morgan fingerprint density at radius 3 is 2.33 bits per heavy atom. The zero-order valence-electron chi connectivity index (χ0n) is 9.36. The Morgan fingerprint density at radius 1 is 1.13 bits per heavy atom. The molecular weight excluding hydrogens is 206 g/mol. The summed E-state index contributed by atoms with van der Waals surface area (Å²) in [6.07, 6.45) is 2.74. The van der Waals surface area contributed by atoms with Crippen LogP contribution in [0.3, 0.4) is 0 Å². The van der Waals surface area contributed by atoms with Crippen molar-refractivity contribution >= 4 is 12.4 Å². The average molecular weight is 226 g/mol. The van der Waals surface area contributed by atoms with Gasteiger partial charge in [-0.2, -0.15) is 0 Å². The Morgan fingerprint density at radius 2 is 1.73 bits per heavy atom. The van der Waals surface area contributed by atoms with Crippen molar-refractivity contribution in [2.45, 2.75) is 26.3 Å². The number of halogens is 1. The van der Waals surface area contributed by atoms with E-state index < -0.39 is 0 Å². The van der Waals surface area contributed by atoms with Crippen molar-refractivity contribution in [1.82, 2.24) is 4.90 Å². The molecule has 1 aliphatic rings. The highest BCUT2D eigenvalue weighted by atomic mass is 35.5. The number of piperidine rings is 1. The summed E-state index contributed by atoms with van der Waals surface area (Å²) in [5, 5.41) is 0. The average Bonchev–Trinajstić information content (AvgIpc) is 2.23. The van der Waals surface area contributed by atoms with Gasteiger partial charge in [0.2, 0.25) is 0 Å². The van der Waals surface area contributed by atoms with E-state index in [0.29, 0.717) is 0 Å². The van der Waals surface area contributed by atoms with Crippen molar-refractivity contribution in [3.63, 3.8) is 0 Å². The first-order valence-corrected chi connectivity index (χ1v) is 5.61. The summed E-state index contributed by atoms with van der Waals surface area (Å²) in [4.78, 5) is 2.56. The van der Waals surface area contributed by atoms with Crippen LogP contribution < -0.4 is 0 Å². The van der Waals surface area contributed by atoms with Crippen LogP contribution in [-0.4, -0.2) is 18.0 Å². The molecule has 1 saturated heterocycles. The van der Waals surface area contributed by atoms with Gasteiger partial charge in [-0.15, -0.1) is 12.4 Å². The first kappa shape index (κ1) is 12.5. The number of hydrogen-bond donors (Lipinski definition) is 0. The lowest BCUT2D eigenvalue weighted by Crippen LogP contribution is -2.32. The molecule has 0 N–H and O–H groups in total. The maximum atomic E-state index is 2.56.